The first-order valence-corrected chi connectivity index (χ1v) is 11.1. The van der Waals surface area contributed by atoms with E-state index in [0.717, 1.165) is 32.0 Å². The molecule has 5 nitrogen and oxygen atoms in total. The van der Waals surface area contributed by atoms with Crippen LogP contribution in [0.25, 0.3) is 0 Å². The van der Waals surface area contributed by atoms with Crippen LogP contribution >= 0.6 is 0 Å². The number of hydrogen-bond donors (Lipinski definition) is 0. The third kappa shape index (κ3) is 3.98. The molecule has 3 aliphatic heterocycles. The fourth-order valence-corrected chi connectivity index (χ4v) is 6.28. The number of alkyl halides is 1. The van der Waals surface area contributed by atoms with E-state index in [1.165, 1.54) is 51.6 Å². The average molecular weight is 382 g/mol. The smallest absolute Gasteiger partial charge is 0.409 e. The van der Waals surface area contributed by atoms with Crippen molar-refractivity contribution in [3.8, 4) is 0 Å². The van der Waals surface area contributed by atoms with E-state index in [4.69, 9.17) is 4.74 Å². The minimum Gasteiger partial charge on any atom is -0.450 e. The van der Waals surface area contributed by atoms with E-state index >= 15 is 0 Å². The Labute approximate surface area is 163 Å². The molecule has 27 heavy (non-hydrogen) atoms. The molecule has 4 aliphatic rings. The number of likely N-dealkylation sites (tertiary alicyclic amines) is 3. The van der Waals surface area contributed by atoms with Crippen molar-refractivity contribution in [3.05, 3.63) is 0 Å². The molecule has 3 saturated heterocycles. The maximum Gasteiger partial charge on any atom is 0.409 e. The molecule has 1 aliphatic carbocycles. The van der Waals surface area contributed by atoms with Crippen LogP contribution in [0.4, 0.5) is 9.18 Å². The molecular weight excluding hydrogens is 345 g/mol. The maximum absolute atomic E-state index is 12.8. The van der Waals surface area contributed by atoms with Crippen molar-refractivity contribution < 1.29 is 13.9 Å². The Morgan fingerprint density at radius 1 is 1.15 bits per heavy atom. The minimum absolute atomic E-state index is 0.131. The van der Waals surface area contributed by atoms with Gasteiger partial charge in [0.1, 0.15) is 6.67 Å². The van der Waals surface area contributed by atoms with Crippen LogP contribution in [0.15, 0.2) is 0 Å². The number of ether oxygens (including phenoxy) is 1. The summed E-state index contributed by atoms with van der Waals surface area (Å²) in [7, 11) is 0. The van der Waals surface area contributed by atoms with Crippen LogP contribution < -0.4 is 0 Å². The molecule has 1 amide bonds. The van der Waals surface area contributed by atoms with Crippen molar-refractivity contribution in [2.45, 2.75) is 64.0 Å². The standard InChI is InChI=1S/C21H36FN3O2/c1-2-27-20(26)25-12-7-21(16-25)14-18(15-21)23-10-5-17(6-11-23)19-4-3-9-24(19)13-8-22/h17-19H,2-16H2,1H3. The fraction of sp³-hybridized carbons (Fsp3) is 0.952. The Balaban J connectivity index is 1.21. The van der Waals surface area contributed by atoms with Gasteiger partial charge in [0.2, 0.25) is 0 Å². The lowest BCUT2D eigenvalue weighted by molar-refractivity contribution is -0.0160. The van der Waals surface area contributed by atoms with E-state index < -0.39 is 0 Å². The molecule has 1 saturated carbocycles. The van der Waals surface area contributed by atoms with Gasteiger partial charge in [-0.1, -0.05) is 0 Å². The second kappa shape index (κ2) is 8.24. The highest BCUT2D eigenvalue weighted by molar-refractivity contribution is 5.68. The Morgan fingerprint density at radius 2 is 1.93 bits per heavy atom. The van der Waals surface area contributed by atoms with Gasteiger partial charge in [0.05, 0.1) is 6.61 Å². The van der Waals surface area contributed by atoms with Crippen molar-refractivity contribution in [1.29, 1.82) is 0 Å². The number of carbonyl (C=O) groups excluding carboxylic acids is 1. The Bertz CT molecular complexity index is 518. The van der Waals surface area contributed by atoms with E-state index in [1.54, 1.807) is 0 Å². The lowest BCUT2D eigenvalue weighted by Crippen LogP contribution is -2.55. The van der Waals surface area contributed by atoms with Gasteiger partial charge in [-0.2, -0.15) is 0 Å². The lowest BCUT2D eigenvalue weighted by atomic mass is 9.64. The fourth-order valence-electron chi connectivity index (χ4n) is 6.28. The summed E-state index contributed by atoms with van der Waals surface area (Å²) in [6.45, 7) is 8.00. The first kappa shape index (κ1) is 19.4. The first-order chi connectivity index (χ1) is 13.1. The summed E-state index contributed by atoms with van der Waals surface area (Å²) in [6, 6.07) is 1.34. The van der Waals surface area contributed by atoms with Gasteiger partial charge in [0.15, 0.2) is 0 Å². The van der Waals surface area contributed by atoms with Gasteiger partial charge in [-0.3, -0.25) is 4.90 Å². The zero-order valence-electron chi connectivity index (χ0n) is 16.9. The summed E-state index contributed by atoms with van der Waals surface area (Å²) >= 11 is 0. The number of nitrogens with zero attached hydrogens (tertiary/aromatic N) is 3. The molecule has 0 radical (unpaired) electrons. The highest BCUT2D eigenvalue weighted by Crippen LogP contribution is 2.51. The second-order valence-electron chi connectivity index (χ2n) is 9.24. The van der Waals surface area contributed by atoms with Crippen LogP contribution in [0.3, 0.4) is 0 Å². The number of hydrogen-bond acceptors (Lipinski definition) is 4. The van der Waals surface area contributed by atoms with Crippen molar-refractivity contribution in [2.75, 3.05) is 52.6 Å². The van der Waals surface area contributed by atoms with Crippen molar-refractivity contribution in [3.63, 3.8) is 0 Å². The predicted octanol–water partition coefficient (Wildman–Crippen LogP) is 3.14. The largest absolute Gasteiger partial charge is 0.450 e. The van der Waals surface area contributed by atoms with Crippen LogP contribution in [-0.2, 0) is 4.74 Å². The van der Waals surface area contributed by atoms with Gasteiger partial charge in [-0.25, -0.2) is 9.18 Å². The van der Waals surface area contributed by atoms with E-state index in [2.05, 4.69) is 9.80 Å². The van der Waals surface area contributed by atoms with Gasteiger partial charge in [0.25, 0.3) is 0 Å². The number of rotatable bonds is 5. The van der Waals surface area contributed by atoms with Gasteiger partial charge in [0, 0.05) is 31.7 Å². The first-order valence-electron chi connectivity index (χ1n) is 11.1. The third-order valence-electron chi connectivity index (χ3n) is 7.72. The molecule has 4 fully saturated rings. The van der Waals surface area contributed by atoms with Crippen LogP contribution in [0.1, 0.15) is 51.9 Å². The molecule has 1 atom stereocenters. The molecule has 6 heteroatoms. The molecule has 0 aromatic heterocycles. The molecule has 4 rings (SSSR count). The summed E-state index contributed by atoms with van der Waals surface area (Å²) < 4.78 is 18.0. The molecule has 3 heterocycles. The highest BCUT2D eigenvalue weighted by Gasteiger charge is 2.51. The Morgan fingerprint density at radius 3 is 2.63 bits per heavy atom. The molecule has 0 bridgehead atoms. The highest BCUT2D eigenvalue weighted by atomic mass is 19.1. The topological polar surface area (TPSA) is 36.0 Å². The Kier molecular flexibility index (Phi) is 5.93. The van der Waals surface area contributed by atoms with E-state index in [9.17, 15) is 9.18 Å². The van der Waals surface area contributed by atoms with Crippen LogP contribution in [0.2, 0.25) is 0 Å². The molecule has 1 spiro atoms. The molecule has 0 aromatic rings. The van der Waals surface area contributed by atoms with Crippen LogP contribution in [0, 0.1) is 11.3 Å². The number of amides is 1. The maximum atomic E-state index is 12.8. The van der Waals surface area contributed by atoms with Crippen LogP contribution in [-0.4, -0.2) is 85.4 Å². The number of halogens is 1. The summed E-state index contributed by atoms with van der Waals surface area (Å²) in [5.41, 5.74) is 0.359. The lowest BCUT2D eigenvalue weighted by Gasteiger charge is -2.52. The minimum atomic E-state index is -0.206. The SMILES string of the molecule is CCOC(=O)N1CCC2(CC(N3CCC(C4CCCN4CCF)CC3)C2)C1. The van der Waals surface area contributed by atoms with Gasteiger partial charge in [-0.05, 0) is 82.8 Å². The molecule has 1 unspecified atom stereocenters. The zero-order chi connectivity index (χ0) is 18.9. The molecule has 0 aromatic carbocycles. The number of piperidine rings is 1. The molecule has 154 valence electrons. The van der Waals surface area contributed by atoms with Gasteiger partial charge >= 0.3 is 6.09 Å². The van der Waals surface area contributed by atoms with Crippen molar-refractivity contribution in [1.82, 2.24) is 14.7 Å². The third-order valence-corrected chi connectivity index (χ3v) is 7.72. The van der Waals surface area contributed by atoms with Crippen molar-refractivity contribution >= 4 is 6.09 Å². The average Bonchev–Trinajstić information content (AvgIpc) is 3.29. The number of carbonyl (C=O) groups is 1. The van der Waals surface area contributed by atoms with E-state index in [-0.39, 0.29) is 12.8 Å². The zero-order valence-corrected chi connectivity index (χ0v) is 16.9. The summed E-state index contributed by atoms with van der Waals surface area (Å²) in [5.74, 6) is 0.759. The normalized spacial score (nSPS) is 35.7. The molecular formula is C21H36FN3O2. The van der Waals surface area contributed by atoms with E-state index in [1.807, 2.05) is 11.8 Å². The predicted molar refractivity (Wildman–Crippen MR) is 104 cm³/mol. The van der Waals surface area contributed by atoms with Gasteiger partial charge < -0.3 is 14.5 Å². The molecule has 0 N–H and O–H groups in total. The summed E-state index contributed by atoms with van der Waals surface area (Å²) in [4.78, 5) is 19.0. The van der Waals surface area contributed by atoms with E-state index in [0.29, 0.717) is 30.7 Å². The Hall–Kier alpha value is -0.880. The quantitative estimate of drug-likeness (QED) is 0.733. The van der Waals surface area contributed by atoms with Gasteiger partial charge in [-0.15, -0.1) is 0 Å². The summed E-state index contributed by atoms with van der Waals surface area (Å²) in [6.07, 6.45) is 8.54. The summed E-state index contributed by atoms with van der Waals surface area (Å²) in [5, 5.41) is 0. The van der Waals surface area contributed by atoms with Crippen molar-refractivity contribution in [2.24, 2.45) is 11.3 Å². The van der Waals surface area contributed by atoms with Crippen LogP contribution in [0.5, 0.6) is 0 Å². The monoisotopic (exact) mass is 381 g/mol. The second-order valence-corrected chi connectivity index (χ2v) is 9.24.